The number of nitrogens with one attached hydrogen (secondary N) is 1. The third-order valence-corrected chi connectivity index (χ3v) is 5.37. The van der Waals surface area contributed by atoms with E-state index in [0.717, 1.165) is 12.1 Å². The molecule has 0 spiro atoms. The van der Waals surface area contributed by atoms with Gasteiger partial charge in [-0.3, -0.25) is 9.48 Å². The van der Waals surface area contributed by atoms with E-state index >= 15 is 0 Å². The lowest BCUT2D eigenvalue weighted by molar-refractivity contribution is 0.102. The summed E-state index contributed by atoms with van der Waals surface area (Å²) in [5, 5.41) is 16.3. The van der Waals surface area contributed by atoms with Crippen LogP contribution in [0.4, 0.5) is 19.3 Å². The number of nitrogens with zero attached hydrogens (tertiary/aromatic N) is 4. The molecule has 3 aromatic rings. The Morgan fingerprint density at radius 2 is 1.94 bits per heavy atom. The summed E-state index contributed by atoms with van der Waals surface area (Å²) in [6.45, 7) is 0.571. The first-order chi connectivity index (χ1) is 15.3. The van der Waals surface area contributed by atoms with Gasteiger partial charge < -0.3 is 16.0 Å². The predicted octanol–water partition coefficient (Wildman–Crippen LogP) is 3.50. The molecule has 162 valence electrons. The molecule has 32 heavy (non-hydrogen) atoms. The number of halogens is 3. The molecular weight excluding hydrogens is 442 g/mol. The number of amides is 3. The highest BCUT2D eigenvalue weighted by Gasteiger charge is 2.30. The molecule has 0 radical (unpaired) electrons. The number of primary amides is 1. The second kappa shape index (κ2) is 8.28. The predicted molar refractivity (Wildman–Crippen MR) is 112 cm³/mol. The van der Waals surface area contributed by atoms with Crippen LogP contribution < -0.4 is 11.1 Å². The highest BCUT2D eigenvalue weighted by Crippen LogP contribution is 2.30. The van der Waals surface area contributed by atoms with Gasteiger partial charge in [0, 0.05) is 17.8 Å². The number of anilines is 1. The third-order valence-electron chi connectivity index (χ3n) is 5.06. The van der Waals surface area contributed by atoms with Crippen molar-refractivity contribution in [1.82, 2.24) is 14.7 Å². The average Bonchev–Trinajstić information content (AvgIpc) is 3.14. The fourth-order valence-corrected chi connectivity index (χ4v) is 3.69. The number of nitriles is 1. The maximum atomic E-state index is 13.9. The van der Waals surface area contributed by atoms with Crippen LogP contribution in [0, 0.1) is 23.0 Å². The molecule has 0 aliphatic carbocycles. The number of urea groups is 1. The minimum atomic E-state index is -1.09. The number of rotatable bonds is 3. The van der Waals surface area contributed by atoms with Gasteiger partial charge >= 0.3 is 6.03 Å². The standard InChI is InChI=1S/C21H15ClF2N6O2/c22-14-8-13(3-1-12(14)9-25)27-20(31)18-17-10-29(21(26)32)5-6-30(17)28-19(18)11-2-4-15(23)16(24)7-11/h1-4,7-8H,5-6,10H2,(H2,26,32)(H,27,31). The van der Waals surface area contributed by atoms with Crippen molar-refractivity contribution in [1.29, 1.82) is 5.26 Å². The van der Waals surface area contributed by atoms with Gasteiger partial charge in [-0.15, -0.1) is 0 Å². The van der Waals surface area contributed by atoms with Crippen LogP contribution in [0.15, 0.2) is 36.4 Å². The maximum Gasteiger partial charge on any atom is 0.315 e. The number of carbonyl (C=O) groups excluding carboxylic acids is 2. The lowest BCUT2D eigenvalue weighted by Gasteiger charge is -2.26. The summed E-state index contributed by atoms with van der Waals surface area (Å²) in [7, 11) is 0. The highest BCUT2D eigenvalue weighted by atomic mass is 35.5. The van der Waals surface area contributed by atoms with Gasteiger partial charge in [-0.2, -0.15) is 10.4 Å². The van der Waals surface area contributed by atoms with E-state index in [4.69, 9.17) is 22.6 Å². The summed E-state index contributed by atoms with van der Waals surface area (Å²) in [6.07, 6.45) is 0. The Hall–Kier alpha value is -3.97. The highest BCUT2D eigenvalue weighted by molar-refractivity contribution is 6.32. The van der Waals surface area contributed by atoms with Crippen molar-refractivity contribution < 1.29 is 18.4 Å². The topological polar surface area (TPSA) is 117 Å². The van der Waals surface area contributed by atoms with E-state index in [1.807, 2.05) is 6.07 Å². The summed E-state index contributed by atoms with van der Waals surface area (Å²) in [6, 6.07) is 8.86. The van der Waals surface area contributed by atoms with Crippen molar-refractivity contribution in [2.75, 3.05) is 11.9 Å². The number of aromatic nitrogens is 2. The molecule has 1 aliphatic rings. The molecule has 2 heterocycles. The minimum Gasteiger partial charge on any atom is -0.351 e. The van der Waals surface area contributed by atoms with E-state index in [0.29, 0.717) is 11.4 Å². The zero-order valence-corrected chi connectivity index (χ0v) is 17.2. The average molecular weight is 457 g/mol. The molecule has 0 unspecified atom stereocenters. The fourth-order valence-electron chi connectivity index (χ4n) is 3.47. The number of fused-ring (bicyclic) bond motifs is 1. The molecule has 4 rings (SSSR count). The molecule has 0 saturated carbocycles. The maximum absolute atomic E-state index is 13.9. The van der Waals surface area contributed by atoms with Crippen LogP contribution >= 0.6 is 11.6 Å². The second-order valence-corrected chi connectivity index (χ2v) is 7.45. The van der Waals surface area contributed by atoms with Crippen LogP contribution in [0.1, 0.15) is 21.6 Å². The Balaban J connectivity index is 1.79. The number of hydrogen-bond acceptors (Lipinski definition) is 4. The van der Waals surface area contributed by atoms with Crippen molar-refractivity contribution in [3.05, 3.63) is 69.9 Å². The molecule has 1 aliphatic heterocycles. The third kappa shape index (κ3) is 3.86. The van der Waals surface area contributed by atoms with Gasteiger partial charge in [0.15, 0.2) is 11.6 Å². The smallest absolute Gasteiger partial charge is 0.315 e. The Bertz CT molecular complexity index is 1300. The molecule has 0 saturated heterocycles. The van der Waals surface area contributed by atoms with Crippen LogP contribution in [0.2, 0.25) is 5.02 Å². The minimum absolute atomic E-state index is 0.0168. The Morgan fingerprint density at radius 1 is 1.16 bits per heavy atom. The van der Waals surface area contributed by atoms with Crippen molar-refractivity contribution in [2.45, 2.75) is 13.1 Å². The number of hydrogen-bond donors (Lipinski definition) is 2. The van der Waals surface area contributed by atoms with Gasteiger partial charge in [-0.1, -0.05) is 11.6 Å². The molecule has 3 N–H and O–H groups in total. The first kappa shape index (κ1) is 21.3. The second-order valence-electron chi connectivity index (χ2n) is 7.04. The van der Waals surface area contributed by atoms with Crippen LogP contribution in [0.3, 0.4) is 0 Å². The SMILES string of the molecule is N#Cc1ccc(NC(=O)c2c(-c3ccc(F)c(F)c3)nn3c2CN(C(N)=O)CC3)cc1Cl. The van der Waals surface area contributed by atoms with Crippen molar-refractivity contribution in [3.63, 3.8) is 0 Å². The molecule has 8 nitrogen and oxygen atoms in total. The van der Waals surface area contributed by atoms with Crippen LogP contribution in [-0.2, 0) is 13.1 Å². The Morgan fingerprint density at radius 3 is 2.59 bits per heavy atom. The lowest BCUT2D eigenvalue weighted by Crippen LogP contribution is -2.42. The number of benzene rings is 2. The zero-order valence-electron chi connectivity index (χ0n) is 16.4. The molecule has 0 fully saturated rings. The van der Waals surface area contributed by atoms with Gasteiger partial charge in [0.05, 0.1) is 34.9 Å². The van der Waals surface area contributed by atoms with Gasteiger partial charge in [-0.25, -0.2) is 13.6 Å². The summed E-state index contributed by atoms with van der Waals surface area (Å²) in [4.78, 5) is 26.3. The molecular formula is C21H15ClF2N6O2. The van der Waals surface area contributed by atoms with E-state index in [1.165, 1.54) is 33.8 Å². The molecule has 3 amide bonds. The van der Waals surface area contributed by atoms with Gasteiger partial charge in [0.2, 0.25) is 0 Å². The largest absolute Gasteiger partial charge is 0.351 e. The van der Waals surface area contributed by atoms with Crippen molar-refractivity contribution in [2.24, 2.45) is 5.73 Å². The first-order valence-corrected chi connectivity index (χ1v) is 9.76. The lowest BCUT2D eigenvalue weighted by atomic mass is 10.0. The van der Waals surface area contributed by atoms with Crippen molar-refractivity contribution >= 4 is 29.2 Å². The normalized spacial score (nSPS) is 12.8. The quantitative estimate of drug-likeness (QED) is 0.627. The van der Waals surface area contributed by atoms with Crippen LogP contribution in [0.25, 0.3) is 11.3 Å². The van der Waals surface area contributed by atoms with E-state index in [1.54, 1.807) is 0 Å². The Kier molecular flexibility index (Phi) is 5.50. The van der Waals surface area contributed by atoms with E-state index in [2.05, 4.69) is 10.4 Å². The van der Waals surface area contributed by atoms with Crippen molar-refractivity contribution in [3.8, 4) is 17.3 Å². The first-order valence-electron chi connectivity index (χ1n) is 9.39. The summed E-state index contributed by atoms with van der Waals surface area (Å²) >= 11 is 6.04. The van der Waals surface area contributed by atoms with Crippen LogP contribution in [-0.4, -0.2) is 33.2 Å². The Labute approximate surface area is 185 Å². The summed E-state index contributed by atoms with van der Waals surface area (Å²) in [5.74, 6) is -2.72. The molecule has 0 bridgehead atoms. The van der Waals surface area contributed by atoms with E-state index in [-0.39, 0.29) is 47.0 Å². The van der Waals surface area contributed by atoms with E-state index in [9.17, 15) is 18.4 Å². The molecule has 1 aromatic heterocycles. The fraction of sp³-hybridized carbons (Fsp3) is 0.143. The van der Waals surface area contributed by atoms with Crippen LogP contribution in [0.5, 0.6) is 0 Å². The zero-order chi connectivity index (χ0) is 23.0. The number of carbonyl (C=O) groups is 2. The molecule has 0 atom stereocenters. The number of nitrogens with two attached hydrogens (primary N) is 1. The van der Waals surface area contributed by atoms with Gasteiger partial charge in [0.25, 0.3) is 5.91 Å². The molecule has 11 heteroatoms. The summed E-state index contributed by atoms with van der Waals surface area (Å²) in [5.41, 5.74) is 6.76. The monoisotopic (exact) mass is 456 g/mol. The summed E-state index contributed by atoms with van der Waals surface area (Å²) < 4.78 is 28.9. The van der Waals surface area contributed by atoms with Gasteiger partial charge in [0.1, 0.15) is 11.8 Å². The molecule has 2 aromatic carbocycles. The van der Waals surface area contributed by atoms with Gasteiger partial charge in [-0.05, 0) is 36.4 Å². The van der Waals surface area contributed by atoms with E-state index < -0.39 is 23.6 Å².